The smallest absolute Gasteiger partial charge is 0.119 e. The Bertz CT molecular complexity index is 936. The summed E-state index contributed by atoms with van der Waals surface area (Å²) in [5.74, 6) is 2.72. The molecule has 3 aliphatic rings. The Balaban J connectivity index is 0.000000183. The van der Waals surface area contributed by atoms with E-state index in [0.29, 0.717) is 38.1 Å². The summed E-state index contributed by atoms with van der Waals surface area (Å²) in [5.41, 5.74) is 2.53. The fourth-order valence-electron chi connectivity index (χ4n) is 3.22. The molecule has 34 heavy (non-hydrogen) atoms. The average molecular weight is 463 g/mol. The van der Waals surface area contributed by atoms with Gasteiger partial charge in [0.05, 0.1) is 19.8 Å². The summed E-state index contributed by atoms with van der Waals surface area (Å²) in [6, 6.07) is 26.3. The monoisotopic (exact) mass is 462 g/mol. The minimum Gasteiger partial charge on any atom is -0.491 e. The molecule has 3 heterocycles. The largest absolute Gasteiger partial charge is 0.491 e. The molecular formula is C28H30O6. The van der Waals surface area contributed by atoms with Crippen LogP contribution in [0.25, 0.3) is 0 Å². The first kappa shape index (κ1) is 22.7. The van der Waals surface area contributed by atoms with Crippen LogP contribution in [-0.4, -0.2) is 58.0 Å². The molecule has 178 valence electrons. The van der Waals surface area contributed by atoms with Gasteiger partial charge in [0.25, 0.3) is 0 Å². The Morgan fingerprint density at radius 1 is 0.500 bits per heavy atom. The van der Waals surface area contributed by atoms with Crippen molar-refractivity contribution in [2.45, 2.75) is 24.7 Å². The number of hydrogen-bond donors (Lipinski definition) is 0. The Morgan fingerprint density at radius 3 is 1.21 bits per heavy atom. The van der Waals surface area contributed by atoms with Crippen LogP contribution in [0.15, 0.2) is 78.9 Å². The maximum absolute atomic E-state index is 5.65. The van der Waals surface area contributed by atoms with E-state index < -0.39 is 0 Å². The minimum absolute atomic E-state index is 0.293. The van der Waals surface area contributed by atoms with Gasteiger partial charge in [0.15, 0.2) is 0 Å². The van der Waals surface area contributed by atoms with E-state index >= 15 is 0 Å². The molecule has 6 nitrogen and oxygen atoms in total. The summed E-state index contributed by atoms with van der Waals surface area (Å²) in [5, 5.41) is 0. The second-order valence-electron chi connectivity index (χ2n) is 8.58. The van der Waals surface area contributed by atoms with E-state index in [1.54, 1.807) is 0 Å². The standard InChI is InChI=1S/C19H20O4.C9H10O2/c1-5-16(20-10-18-12-22-18)6-2-14(1)9-15-3-7-17(8-4-15)21-11-19-13-23-19;1-2-4-8(5-3-1)10-6-9-7-11-9/h1-8,18-19H,9-13H2;1-5,9H,6-7H2. The fourth-order valence-corrected chi connectivity index (χ4v) is 3.22. The van der Waals surface area contributed by atoms with Gasteiger partial charge in [-0.1, -0.05) is 42.5 Å². The van der Waals surface area contributed by atoms with E-state index in [4.69, 9.17) is 28.4 Å². The molecule has 3 unspecified atom stereocenters. The van der Waals surface area contributed by atoms with Gasteiger partial charge >= 0.3 is 0 Å². The maximum atomic E-state index is 5.65. The van der Waals surface area contributed by atoms with Crippen molar-refractivity contribution in [2.75, 3.05) is 39.6 Å². The number of benzene rings is 3. The van der Waals surface area contributed by atoms with Crippen molar-refractivity contribution in [2.24, 2.45) is 0 Å². The molecule has 0 amide bonds. The molecule has 0 aromatic heterocycles. The second kappa shape index (κ2) is 11.4. The fraction of sp³-hybridized carbons (Fsp3) is 0.357. The summed E-state index contributed by atoms with van der Waals surface area (Å²) in [6.07, 6.45) is 1.83. The lowest BCUT2D eigenvalue weighted by Crippen LogP contribution is -2.04. The highest BCUT2D eigenvalue weighted by atomic mass is 16.6. The first-order chi connectivity index (χ1) is 16.8. The Morgan fingerprint density at radius 2 is 0.853 bits per heavy atom. The van der Waals surface area contributed by atoms with Gasteiger partial charge in [-0.3, -0.25) is 0 Å². The van der Waals surface area contributed by atoms with E-state index in [1.165, 1.54) is 11.1 Å². The van der Waals surface area contributed by atoms with E-state index in [2.05, 4.69) is 24.3 Å². The molecule has 0 aliphatic carbocycles. The predicted octanol–water partition coefficient (Wildman–Crippen LogP) is 4.30. The van der Waals surface area contributed by atoms with Gasteiger partial charge in [-0.2, -0.15) is 0 Å². The number of rotatable bonds is 11. The molecule has 0 spiro atoms. The lowest BCUT2D eigenvalue weighted by Gasteiger charge is -2.07. The molecule has 6 heteroatoms. The molecule has 6 rings (SSSR count). The molecule has 0 N–H and O–H groups in total. The van der Waals surface area contributed by atoms with Gasteiger partial charge < -0.3 is 28.4 Å². The maximum Gasteiger partial charge on any atom is 0.119 e. The molecule has 3 saturated heterocycles. The third kappa shape index (κ3) is 8.06. The van der Waals surface area contributed by atoms with Crippen LogP contribution in [0.3, 0.4) is 0 Å². The van der Waals surface area contributed by atoms with Crippen LogP contribution in [0, 0.1) is 0 Å². The van der Waals surface area contributed by atoms with Gasteiger partial charge in [0, 0.05) is 0 Å². The van der Waals surface area contributed by atoms with Crippen LogP contribution in [0.5, 0.6) is 17.2 Å². The number of epoxide rings is 3. The number of ether oxygens (including phenoxy) is 6. The van der Waals surface area contributed by atoms with E-state index in [1.807, 2.05) is 54.6 Å². The summed E-state index contributed by atoms with van der Waals surface area (Å²) < 4.78 is 32.0. The Labute approximate surface area is 200 Å². The normalized spacial score (nSPS) is 21.6. The van der Waals surface area contributed by atoms with Crippen LogP contribution >= 0.6 is 0 Å². The molecule has 3 aromatic carbocycles. The minimum atomic E-state index is 0.293. The van der Waals surface area contributed by atoms with Gasteiger partial charge in [0.1, 0.15) is 55.4 Å². The summed E-state index contributed by atoms with van der Waals surface area (Å²) >= 11 is 0. The zero-order chi connectivity index (χ0) is 23.0. The summed E-state index contributed by atoms with van der Waals surface area (Å²) in [4.78, 5) is 0. The quantitative estimate of drug-likeness (QED) is 0.396. The van der Waals surface area contributed by atoms with Crippen molar-refractivity contribution in [1.29, 1.82) is 0 Å². The SMILES string of the molecule is c1cc(OCC2CO2)ccc1Cc1ccc(OCC2CO2)cc1.c1ccc(OCC2CO2)cc1. The zero-order valence-corrected chi connectivity index (χ0v) is 19.1. The number of hydrogen-bond acceptors (Lipinski definition) is 6. The van der Waals surface area contributed by atoms with Crippen LogP contribution in [0.2, 0.25) is 0 Å². The van der Waals surface area contributed by atoms with E-state index in [9.17, 15) is 0 Å². The lowest BCUT2D eigenvalue weighted by molar-refractivity contribution is 0.263. The van der Waals surface area contributed by atoms with Gasteiger partial charge in [-0.05, 0) is 53.9 Å². The zero-order valence-electron chi connectivity index (χ0n) is 19.1. The van der Waals surface area contributed by atoms with Gasteiger partial charge in [-0.15, -0.1) is 0 Å². The Kier molecular flexibility index (Phi) is 7.60. The molecule has 3 atom stereocenters. The van der Waals surface area contributed by atoms with E-state index in [0.717, 1.165) is 43.5 Å². The van der Waals surface area contributed by atoms with Crippen molar-refractivity contribution >= 4 is 0 Å². The third-order valence-corrected chi connectivity index (χ3v) is 5.51. The van der Waals surface area contributed by atoms with Crippen LogP contribution in [0.4, 0.5) is 0 Å². The summed E-state index contributed by atoms with van der Waals surface area (Å²) in [6.45, 7) is 4.48. The molecular weight excluding hydrogens is 432 g/mol. The van der Waals surface area contributed by atoms with Crippen molar-refractivity contribution < 1.29 is 28.4 Å². The van der Waals surface area contributed by atoms with Gasteiger partial charge in [0.2, 0.25) is 0 Å². The highest BCUT2D eigenvalue weighted by Gasteiger charge is 2.24. The molecule has 3 fully saturated rings. The first-order valence-electron chi connectivity index (χ1n) is 11.8. The van der Waals surface area contributed by atoms with Crippen LogP contribution < -0.4 is 14.2 Å². The summed E-state index contributed by atoms with van der Waals surface area (Å²) in [7, 11) is 0. The molecule has 3 aromatic rings. The predicted molar refractivity (Wildman–Crippen MR) is 128 cm³/mol. The Hall–Kier alpha value is -3.06. The number of para-hydroxylation sites is 1. The second-order valence-corrected chi connectivity index (χ2v) is 8.58. The van der Waals surface area contributed by atoms with E-state index in [-0.39, 0.29) is 0 Å². The molecule has 0 saturated carbocycles. The van der Waals surface area contributed by atoms with Crippen molar-refractivity contribution in [3.63, 3.8) is 0 Å². The van der Waals surface area contributed by atoms with Crippen LogP contribution in [-0.2, 0) is 20.6 Å². The third-order valence-electron chi connectivity index (χ3n) is 5.51. The van der Waals surface area contributed by atoms with Crippen molar-refractivity contribution in [3.8, 4) is 17.2 Å². The topological polar surface area (TPSA) is 65.3 Å². The lowest BCUT2D eigenvalue weighted by atomic mass is 10.0. The van der Waals surface area contributed by atoms with Crippen molar-refractivity contribution in [1.82, 2.24) is 0 Å². The molecule has 0 radical (unpaired) electrons. The highest BCUT2D eigenvalue weighted by molar-refractivity contribution is 5.34. The highest BCUT2D eigenvalue weighted by Crippen LogP contribution is 2.20. The molecule has 0 bridgehead atoms. The van der Waals surface area contributed by atoms with Crippen molar-refractivity contribution in [3.05, 3.63) is 90.0 Å². The molecule has 3 aliphatic heterocycles. The van der Waals surface area contributed by atoms with Gasteiger partial charge in [-0.25, -0.2) is 0 Å². The average Bonchev–Trinajstić information content (AvgIpc) is 3.73. The van der Waals surface area contributed by atoms with Crippen LogP contribution in [0.1, 0.15) is 11.1 Å². The first-order valence-corrected chi connectivity index (χ1v) is 11.8.